The number of para-hydroxylation sites is 3. The standard InChI is InChI=1S/C64H66BN3O/c1-39-34-54-57-55(35-39)68-58-46(63(10)30-14-15-31-64(63,68)11)20-17-21-50(58)65(57)49-29-28-43(37-53(49)67(54)52-38-48-47(36-40(52)2)61(6,7)32-33-62(48,8)9)66(42-26-24-41(25-27-42)60(3,4)5)51-22-16-19-45-44-18-12-13-23-56(44)69-59(45)51/h12-13,16-29,34-38H,14-15,30-33H2,1-11H3. The van der Waals surface area contributed by atoms with E-state index in [0.29, 0.717) is 0 Å². The predicted molar refractivity (Wildman–Crippen MR) is 294 cm³/mol. The summed E-state index contributed by atoms with van der Waals surface area (Å²) in [6.45, 7) is 26.7. The van der Waals surface area contributed by atoms with Crippen LogP contribution in [-0.2, 0) is 21.7 Å². The van der Waals surface area contributed by atoms with Crippen LogP contribution in [0.3, 0.4) is 0 Å². The first-order valence-electron chi connectivity index (χ1n) is 25.9. The van der Waals surface area contributed by atoms with Crippen LogP contribution in [0.15, 0.2) is 132 Å². The van der Waals surface area contributed by atoms with Crippen molar-refractivity contribution in [2.24, 2.45) is 0 Å². The summed E-state index contributed by atoms with van der Waals surface area (Å²) in [7, 11) is 0. The van der Waals surface area contributed by atoms with Crippen molar-refractivity contribution in [1.29, 1.82) is 0 Å². The van der Waals surface area contributed by atoms with Gasteiger partial charge in [-0.1, -0.05) is 141 Å². The van der Waals surface area contributed by atoms with Gasteiger partial charge in [0, 0.05) is 56.0 Å². The highest BCUT2D eigenvalue weighted by atomic mass is 16.3. The van der Waals surface area contributed by atoms with Crippen molar-refractivity contribution in [1.82, 2.24) is 0 Å². The molecule has 3 aliphatic heterocycles. The third-order valence-electron chi connectivity index (χ3n) is 18.4. The zero-order valence-electron chi connectivity index (χ0n) is 42.7. The van der Waals surface area contributed by atoms with Gasteiger partial charge >= 0.3 is 0 Å². The van der Waals surface area contributed by atoms with E-state index >= 15 is 0 Å². The van der Waals surface area contributed by atoms with Crippen molar-refractivity contribution in [3.05, 3.63) is 161 Å². The Morgan fingerprint density at radius 2 is 1.26 bits per heavy atom. The van der Waals surface area contributed by atoms with Crippen LogP contribution < -0.4 is 31.1 Å². The van der Waals surface area contributed by atoms with E-state index in [9.17, 15) is 0 Å². The molecule has 8 aromatic rings. The van der Waals surface area contributed by atoms with Crippen molar-refractivity contribution >= 4 is 90.5 Å². The molecule has 5 heteroatoms. The summed E-state index contributed by atoms with van der Waals surface area (Å²) in [5.74, 6) is 0. The summed E-state index contributed by atoms with van der Waals surface area (Å²) in [5, 5.41) is 2.26. The Hall–Kier alpha value is -6.20. The van der Waals surface area contributed by atoms with Crippen LogP contribution in [0.2, 0.25) is 0 Å². The summed E-state index contributed by atoms with van der Waals surface area (Å²) in [6.07, 6.45) is 7.30. The fourth-order valence-electron chi connectivity index (χ4n) is 14.2. The first kappa shape index (κ1) is 42.9. The number of anilines is 8. The maximum absolute atomic E-state index is 6.87. The third-order valence-corrected chi connectivity index (χ3v) is 18.4. The number of nitrogens with zero attached hydrogens (tertiary/aromatic N) is 3. The van der Waals surface area contributed by atoms with Crippen molar-refractivity contribution in [2.75, 3.05) is 14.7 Å². The number of hydrogen-bond acceptors (Lipinski definition) is 4. The number of hydrogen-bond donors (Lipinski definition) is 0. The molecule has 0 amide bonds. The Kier molecular flexibility index (Phi) is 8.83. The van der Waals surface area contributed by atoms with E-state index in [-0.39, 0.29) is 33.9 Å². The van der Waals surface area contributed by atoms with Gasteiger partial charge < -0.3 is 19.1 Å². The van der Waals surface area contributed by atoms with E-state index in [2.05, 4.69) is 218 Å². The number of benzene rings is 7. The molecule has 5 aliphatic rings. The van der Waals surface area contributed by atoms with Crippen LogP contribution in [0.1, 0.15) is 134 Å². The molecular weight excluding hydrogens is 838 g/mol. The predicted octanol–water partition coefficient (Wildman–Crippen LogP) is 15.7. The lowest BCUT2D eigenvalue weighted by atomic mass is 9.33. The number of aryl methyl sites for hydroxylation is 2. The molecular formula is C64H66BN3O. The molecule has 0 spiro atoms. The average Bonchev–Trinajstić information content (AvgIpc) is 3.80. The van der Waals surface area contributed by atoms with Gasteiger partial charge in [-0.15, -0.1) is 0 Å². The third kappa shape index (κ3) is 5.83. The first-order chi connectivity index (χ1) is 32.9. The Labute approximate surface area is 410 Å². The van der Waals surface area contributed by atoms with E-state index in [4.69, 9.17) is 4.42 Å². The van der Waals surface area contributed by atoms with E-state index in [1.54, 1.807) is 0 Å². The molecule has 7 aromatic carbocycles. The summed E-state index contributed by atoms with van der Waals surface area (Å²) < 4.78 is 6.87. The van der Waals surface area contributed by atoms with E-state index in [1.165, 1.54) is 117 Å². The molecule has 346 valence electrons. The highest BCUT2D eigenvalue weighted by Crippen LogP contribution is 2.62. The van der Waals surface area contributed by atoms with Crippen LogP contribution >= 0.6 is 0 Å². The molecule has 1 aromatic heterocycles. The Balaban J connectivity index is 1.11. The van der Waals surface area contributed by atoms with Gasteiger partial charge in [0.2, 0.25) is 0 Å². The highest BCUT2D eigenvalue weighted by Gasteiger charge is 2.61. The van der Waals surface area contributed by atoms with Gasteiger partial charge in [-0.05, 0) is 167 Å². The smallest absolute Gasteiger partial charge is 0.252 e. The van der Waals surface area contributed by atoms with Gasteiger partial charge in [-0.3, -0.25) is 0 Å². The minimum absolute atomic E-state index is 0.0229. The van der Waals surface area contributed by atoms with Crippen LogP contribution in [0.25, 0.3) is 21.9 Å². The number of rotatable bonds is 4. The summed E-state index contributed by atoms with van der Waals surface area (Å²) in [6, 6.07) is 49.3. The molecule has 2 atom stereocenters. The van der Waals surface area contributed by atoms with E-state index in [1.807, 2.05) is 0 Å². The van der Waals surface area contributed by atoms with Crippen LogP contribution in [0.5, 0.6) is 0 Å². The lowest BCUT2D eigenvalue weighted by Crippen LogP contribution is -2.64. The number of furan rings is 1. The van der Waals surface area contributed by atoms with Crippen LogP contribution in [0.4, 0.5) is 45.5 Å². The molecule has 69 heavy (non-hydrogen) atoms. The molecule has 4 heterocycles. The summed E-state index contributed by atoms with van der Waals surface area (Å²) in [5.41, 5.74) is 24.6. The van der Waals surface area contributed by atoms with Gasteiger partial charge in [0.05, 0.1) is 11.2 Å². The van der Waals surface area contributed by atoms with Crippen molar-refractivity contribution < 1.29 is 4.42 Å². The largest absolute Gasteiger partial charge is 0.454 e. The molecule has 0 saturated heterocycles. The first-order valence-corrected chi connectivity index (χ1v) is 25.9. The Morgan fingerprint density at radius 1 is 0.580 bits per heavy atom. The van der Waals surface area contributed by atoms with Gasteiger partial charge in [0.25, 0.3) is 6.71 Å². The molecule has 2 aliphatic carbocycles. The maximum Gasteiger partial charge on any atom is 0.252 e. The molecule has 0 bridgehead atoms. The molecule has 13 rings (SSSR count). The van der Waals surface area contributed by atoms with Crippen molar-refractivity contribution in [3.63, 3.8) is 0 Å². The van der Waals surface area contributed by atoms with Crippen molar-refractivity contribution in [2.45, 2.75) is 142 Å². The maximum atomic E-state index is 6.87. The highest BCUT2D eigenvalue weighted by molar-refractivity contribution is 7.00. The lowest BCUT2D eigenvalue weighted by Gasteiger charge is -2.53. The van der Waals surface area contributed by atoms with Gasteiger partial charge in [0.1, 0.15) is 5.58 Å². The van der Waals surface area contributed by atoms with Gasteiger partial charge in [-0.2, -0.15) is 0 Å². The monoisotopic (exact) mass is 904 g/mol. The zero-order valence-corrected chi connectivity index (χ0v) is 42.7. The second-order valence-electron chi connectivity index (χ2n) is 24.5. The second kappa shape index (κ2) is 14.2. The molecule has 0 radical (unpaired) electrons. The minimum atomic E-state index is -0.0246. The fourth-order valence-corrected chi connectivity index (χ4v) is 14.2. The van der Waals surface area contributed by atoms with Crippen LogP contribution in [0, 0.1) is 13.8 Å². The molecule has 0 N–H and O–H groups in total. The molecule has 1 saturated carbocycles. The summed E-state index contributed by atoms with van der Waals surface area (Å²) in [4.78, 5) is 8.01. The normalized spacial score (nSPS) is 21.5. The molecule has 1 fully saturated rings. The van der Waals surface area contributed by atoms with E-state index < -0.39 is 0 Å². The van der Waals surface area contributed by atoms with E-state index in [0.717, 1.165) is 39.0 Å². The number of fused-ring (bicyclic) bond motifs is 11. The Bertz CT molecular complexity index is 3480. The minimum Gasteiger partial charge on any atom is -0.454 e. The Morgan fingerprint density at radius 3 is 2.03 bits per heavy atom. The lowest BCUT2D eigenvalue weighted by molar-refractivity contribution is 0.195. The average molecular weight is 904 g/mol. The van der Waals surface area contributed by atoms with Gasteiger partial charge in [-0.25, -0.2) is 0 Å². The van der Waals surface area contributed by atoms with Crippen LogP contribution in [-0.4, -0.2) is 12.3 Å². The van der Waals surface area contributed by atoms with Crippen molar-refractivity contribution in [3.8, 4) is 0 Å². The summed E-state index contributed by atoms with van der Waals surface area (Å²) >= 11 is 0. The fraction of sp³-hybridized carbons (Fsp3) is 0.344. The topological polar surface area (TPSA) is 22.9 Å². The zero-order chi connectivity index (χ0) is 47.7. The second-order valence-corrected chi connectivity index (χ2v) is 24.5. The quantitative estimate of drug-likeness (QED) is 0.164. The molecule has 2 unspecified atom stereocenters. The van der Waals surface area contributed by atoms with Gasteiger partial charge in [0.15, 0.2) is 5.58 Å². The SMILES string of the molecule is Cc1cc2c3c(c1)N1c4c(cccc4C4(C)CCCCC14C)B3c1ccc(N(c3ccc(C(C)(C)C)cc3)c3cccc4c3oc3ccccc34)cc1N2c1cc2c(cc1C)C(C)(C)CCC2(C)C. The molecule has 4 nitrogen and oxygen atoms in total.